The van der Waals surface area contributed by atoms with Crippen LogP contribution in [0.5, 0.6) is 0 Å². The number of nitrogens with zero attached hydrogens (tertiary/aromatic N) is 2. The summed E-state index contributed by atoms with van der Waals surface area (Å²) >= 11 is 4.72. The van der Waals surface area contributed by atoms with Gasteiger partial charge in [-0.1, -0.05) is 18.0 Å². The second-order valence-corrected chi connectivity index (χ2v) is 8.08. The molecule has 0 spiro atoms. The second kappa shape index (κ2) is 7.29. The minimum Gasteiger partial charge on any atom is -0.340 e. The van der Waals surface area contributed by atoms with Gasteiger partial charge in [0.2, 0.25) is 5.89 Å². The SMILES string of the molecule is CC(NC(=O)c1ccc(Br)s1)c1nc(C2(N)CCCC2)no1.Cl. The van der Waals surface area contributed by atoms with Crippen molar-refractivity contribution in [2.24, 2.45) is 5.73 Å². The highest BCUT2D eigenvalue weighted by molar-refractivity contribution is 9.11. The van der Waals surface area contributed by atoms with Gasteiger partial charge in [-0.05, 0) is 47.8 Å². The number of amides is 1. The molecule has 1 aliphatic carbocycles. The zero-order chi connectivity index (χ0) is 15.7. The lowest BCUT2D eigenvalue weighted by Gasteiger charge is -2.17. The first-order valence-electron chi connectivity index (χ1n) is 7.17. The molecule has 0 saturated heterocycles. The fraction of sp³-hybridized carbons (Fsp3) is 0.500. The van der Waals surface area contributed by atoms with E-state index in [0.717, 1.165) is 29.5 Å². The third-order valence-corrected chi connectivity index (χ3v) is 5.52. The first-order chi connectivity index (χ1) is 10.5. The lowest BCUT2D eigenvalue weighted by Crippen LogP contribution is -2.34. The average Bonchev–Trinajstić information content (AvgIpc) is 3.18. The van der Waals surface area contributed by atoms with E-state index in [1.165, 1.54) is 11.3 Å². The van der Waals surface area contributed by atoms with Crippen LogP contribution >= 0.6 is 39.7 Å². The number of halogens is 2. The van der Waals surface area contributed by atoms with E-state index >= 15 is 0 Å². The Hall–Kier alpha value is -0.960. The molecular weight excluding hydrogens is 404 g/mol. The topological polar surface area (TPSA) is 94.0 Å². The molecule has 2 aromatic heterocycles. The Morgan fingerprint density at radius 3 is 2.78 bits per heavy atom. The van der Waals surface area contributed by atoms with Crippen molar-refractivity contribution >= 4 is 45.6 Å². The highest BCUT2D eigenvalue weighted by Crippen LogP contribution is 2.35. The van der Waals surface area contributed by atoms with E-state index < -0.39 is 5.54 Å². The van der Waals surface area contributed by atoms with Gasteiger partial charge in [0.1, 0.15) is 6.04 Å². The van der Waals surface area contributed by atoms with Crippen molar-refractivity contribution in [2.75, 3.05) is 0 Å². The number of aromatic nitrogens is 2. The second-order valence-electron chi connectivity index (χ2n) is 5.62. The van der Waals surface area contributed by atoms with E-state index in [9.17, 15) is 4.79 Å². The molecule has 9 heteroatoms. The molecule has 1 amide bonds. The maximum absolute atomic E-state index is 12.1. The van der Waals surface area contributed by atoms with Gasteiger partial charge in [-0.2, -0.15) is 4.98 Å². The molecule has 1 fully saturated rings. The third-order valence-electron chi connectivity index (χ3n) is 3.90. The van der Waals surface area contributed by atoms with Crippen molar-refractivity contribution in [3.8, 4) is 0 Å². The van der Waals surface area contributed by atoms with E-state index in [2.05, 4.69) is 31.4 Å². The first kappa shape index (κ1) is 18.4. The molecule has 0 radical (unpaired) electrons. The zero-order valence-corrected chi connectivity index (χ0v) is 15.8. The van der Waals surface area contributed by atoms with Crippen LogP contribution in [0.4, 0.5) is 0 Å². The van der Waals surface area contributed by atoms with Gasteiger partial charge in [0.25, 0.3) is 5.91 Å². The number of nitrogens with one attached hydrogen (secondary N) is 1. The van der Waals surface area contributed by atoms with Gasteiger partial charge in [0.15, 0.2) is 5.82 Å². The average molecular weight is 422 g/mol. The maximum atomic E-state index is 12.1. The molecule has 2 aromatic rings. The van der Waals surface area contributed by atoms with Crippen LogP contribution in [0.15, 0.2) is 20.4 Å². The van der Waals surface area contributed by atoms with Gasteiger partial charge in [0, 0.05) is 0 Å². The van der Waals surface area contributed by atoms with Crippen LogP contribution < -0.4 is 11.1 Å². The molecule has 6 nitrogen and oxygen atoms in total. The Balaban J connectivity index is 0.00000192. The summed E-state index contributed by atoms with van der Waals surface area (Å²) in [6, 6.07) is 3.25. The van der Waals surface area contributed by atoms with Crippen LogP contribution in [-0.2, 0) is 5.54 Å². The maximum Gasteiger partial charge on any atom is 0.262 e. The molecule has 23 heavy (non-hydrogen) atoms. The lowest BCUT2D eigenvalue weighted by atomic mass is 9.99. The smallest absolute Gasteiger partial charge is 0.262 e. The Morgan fingerprint density at radius 1 is 1.48 bits per heavy atom. The molecule has 126 valence electrons. The summed E-state index contributed by atoms with van der Waals surface area (Å²) in [6.07, 6.45) is 3.91. The summed E-state index contributed by atoms with van der Waals surface area (Å²) in [7, 11) is 0. The molecular formula is C14H18BrClN4O2S. The molecule has 0 aromatic carbocycles. The van der Waals surface area contributed by atoms with Gasteiger partial charge in [0.05, 0.1) is 14.2 Å². The molecule has 1 saturated carbocycles. The van der Waals surface area contributed by atoms with Gasteiger partial charge in [-0.3, -0.25) is 4.79 Å². The fourth-order valence-electron chi connectivity index (χ4n) is 2.61. The fourth-order valence-corrected chi connectivity index (χ4v) is 3.90. The van der Waals surface area contributed by atoms with Crippen molar-refractivity contribution in [3.63, 3.8) is 0 Å². The van der Waals surface area contributed by atoms with Crippen LogP contribution in [0.3, 0.4) is 0 Å². The zero-order valence-electron chi connectivity index (χ0n) is 12.5. The van der Waals surface area contributed by atoms with E-state index in [4.69, 9.17) is 10.3 Å². The number of thiophene rings is 1. The van der Waals surface area contributed by atoms with Gasteiger partial charge in [-0.25, -0.2) is 0 Å². The summed E-state index contributed by atoms with van der Waals surface area (Å²) in [4.78, 5) is 17.2. The summed E-state index contributed by atoms with van der Waals surface area (Å²) in [6.45, 7) is 1.82. The minimum absolute atomic E-state index is 0. The lowest BCUT2D eigenvalue weighted by molar-refractivity contribution is 0.0936. The number of hydrogen-bond acceptors (Lipinski definition) is 6. The Kier molecular flexibility index (Phi) is 5.83. The summed E-state index contributed by atoms with van der Waals surface area (Å²) < 4.78 is 6.20. The minimum atomic E-state index is -0.482. The summed E-state index contributed by atoms with van der Waals surface area (Å²) in [5.41, 5.74) is 5.83. The van der Waals surface area contributed by atoms with Gasteiger partial charge in [-0.15, -0.1) is 23.7 Å². The molecule has 0 bridgehead atoms. The number of nitrogens with two attached hydrogens (primary N) is 1. The third kappa shape index (κ3) is 3.93. The quantitative estimate of drug-likeness (QED) is 0.787. The predicted molar refractivity (Wildman–Crippen MR) is 93.8 cm³/mol. The number of carbonyl (C=O) groups excluding carboxylic acids is 1. The Labute approximate surface area is 152 Å². The number of hydrogen-bond donors (Lipinski definition) is 2. The van der Waals surface area contributed by atoms with Gasteiger partial charge < -0.3 is 15.6 Å². The van der Waals surface area contributed by atoms with E-state index in [1.54, 1.807) is 6.07 Å². The van der Waals surface area contributed by atoms with Crippen LogP contribution in [0.25, 0.3) is 0 Å². The van der Waals surface area contributed by atoms with Gasteiger partial charge >= 0.3 is 0 Å². The Morgan fingerprint density at radius 2 is 2.17 bits per heavy atom. The normalized spacial score (nSPS) is 17.5. The van der Waals surface area contributed by atoms with Crippen molar-refractivity contribution in [3.05, 3.63) is 32.5 Å². The van der Waals surface area contributed by atoms with E-state index in [1.807, 2.05) is 13.0 Å². The van der Waals surface area contributed by atoms with Crippen molar-refractivity contribution in [2.45, 2.75) is 44.2 Å². The molecule has 2 heterocycles. The van der Waals surface area contributed by atoms with Crippen molar-refractivity contribution < 1.29 is 9.32 Å². The van der Waals surface area contributed by atoms with Crippen LogP contribution in [0, 0.1) is 0 Å². The van der Waals surface area contributed by atoms with Crippen molar-refractivity contribution in [1.82, 2.24) is 15.5 Å². The summed E-state index contributed by atoms with van der Waals surface area (Å²) in [5, 5.41) is 6.86. The molecule has 3 N–H and O–H groups in total. The largest absolute Gasteiger partial charge is 0.340 e. The highest BCUT2D eigenvalue weighted by atomic mass is 79.9. The molecule has 1 aliphatic rings. The monoisotopic (exact) mass is 420 g/mol. The van der Waals surface area contributed by atoms with Crippen molar-refractivity contribution in [1.29, 1.82) is 0 Å². The number of carbonyl (C=O) groups is 1. The van der Waals surface area contributed by atoms with Crippen LogP contribution in [-0.4, -0.2) is 16.0 Å². The number of rotatable bonds is 4. The summed E-state index contributed by atoms with van der Waals surface area (Å²) in [5.74, 6) is 0.766. The predicted octanol–water partition coefficient (Wildman–Crippen LogP) is 3.53. The van der Waals surface area contributed by atoms with E-state index in [-0.39, 0.29) is 24.4 Å². The molecule has 3 rings (SSSR count). The molecule has 1 atom stereocenters. The first-order valence-corrected chi connectivity index (χ1v) is 8.78. The Bertz CT molecular complexity index is 684. The highest BCUT2D eigenvalue weighted by Gasteiger charge is 2.36. The van der Waals surface area contributed by atoms with E-state index in [0.29, 0.717) is 16.6 Å². The molecule has 0 aliphatic heterocycles. The standard InChI is InChI=1S/C14H17BrN4O2S.ClH/c1-8(17-11(20)9-4-5-10(15)22-9)12-18-13(19-21-12)14(16)6-2-3-7-14;/h4-5,8H,2-3,6-7,16H2,1H3,(H,17,20);1H. The van der Waals surface area contributed by atoms with Crippen LogP contribution in [0.2, 0.25) is 0 Å². The molecule has 1 unspecified atom stereocenters. The van der Waals surface area contributed by atoms with Crippen LogP contribution in [0.1, 0.15) is 60.0 Å².